The first kappa shape index (κ1) is 11.0. The van der Waals surface area contributed by atoms with Gasteiger partial charge in [0.25, 0.3) is 0 Å². The summed E-state index contributed by atoms with van der Waals surface area (Å²) >= 11 is 11.7. The smallest absolute Gasteiger partial charge is 0.219 e. The van der Waals surface area contributed by atoms with Crippen molar-refractivity contribution >= 4 is 28.9 Å². The Hall–Kier alpha value is -1.45. The quantitative estimate of drug-likeness (QED) is 0.831. The Morgan fingerprint density at radius 1 is 1.12 bits per heavy atom. The lowest BCUT2D eigenvalue weighted by Gasteiger charge is -2.07. The van der Waals surface area contributed by atoms with Gasteiger partial charge in [-0.2, -0.15) is 0 Å². The first-order chi connectivity index (χ1) is 7.65. The van der Waals surface area contributed by atoms with Crippen molar-refractivity contribution in [3.05, 3.63) is 46.6 Å². The number of hydrogen-bond donors (Lipinski definition) is 1. The van der Waals surface area contributed by atoms with E-state index >= 15 is 0 Å². The van der Waals surface area contributed by atoms with Crippen LogP contribution >= 0.6 is 23.2 Å². The molecule has 1 aromatic carbocycles. The summed E-state index contributed by atoms with van der Waals surface area (Å²) in [6.45, 7) is 0. The van der Waals surface area contributed by atoms with Gasteiger partial charge < -0.3 is 10.5 Å². The maximum Gasteiger partial charge on any atom is 0.219 e. The van der Waals surface area contributed by atoms with Crippen molar-refractivity contribution in [3.8, 4) is 11.6 Å². The van der Waals surface area contributed by atoms with Crippen LogP contribution in [0.15, 0.2) is 36.5 Å². The van der Waals surface area contributed by atoms with Gasteiger partial charge in [-0.3, -0.25) is 0 Å². The van der Waals surface area contributed by atoms with Gasteiger partial charge >= 0.3 is 0 Å². The van der Waals surface area contributed by atoms with Crippen LogP contribution in [0.3, 0.4) is 0 Å². The van der Waals surface area contributed by atoms with Gasteiger partial charge in [-0.25, -0.2) is 4.98 Å². The van der Waals surface area contributed by atoms with E-state index in [0.717, 1.165) is 0 Å². The predicted octanol–water partition coefficient (Wildman–Crippen LogP) is 3.76. The van der Waals surface area contributed by atoms with E-state index in [1.165, 1.54) is 6.20 Å². The molecule has 0 saturated carbocycles. The van der Waals surface area contributed by atoms with Crippen LogP contribution in [-0.4, -0.2) is 4.98 Å². The van der Waals surface area contributed by atoms with E-state index in [1.807, 2.05) is 0 Å². The highest BCUT2D eigenvalue weighted by Crippen LogP contribution is 2.30. The standard InChI is InChI=1S/C11H8Cl2N2O/c12-7-1-4-11(15-6-7)16-10-5-8(14)2-3-9(10)13/h1-6H,14H2. The number of nitrogens with zero attached hydrogens (tertiary/aromatic N) is 1. The van der Waals surface area contributed by atoms with Gasteiger partial charge in [-0.1, -0.05) is 23.2 Å². The van der Waals surface area contributed by atoms with Crippen LogP contribution in [-0.2, 0) is 0 Å². The summed E-state index contributed by atoms with van der Waals surface area (Å²) in [5.41, 5.74) is 6.20. The maximum absolute atomic E-state index is 5.94. The van der Waals surface area contributed by atoms with Gasteiger partial charge in [-0.15, -0.1) is 0 Å². The highest BCUT2D eigenvalue weighted by atomic mass is 35.5. The van der Waals surface area contributed by atoms with Crippen molar-refractivity contribution in [1.82, 2.24) is 4.98 Å². The molecular weight excluding hydrogens is 247 g/mol. The molecule has 3 nitrogen and oxygen atoms in total. The zero-order valence-corrected chi connectivity index (χ0v) is 9.66. The second kappa shape index (κ2) is 4.60. The average molecular weight is 255 g/mol. The molecule has 0 radical (unpaired) electrons. The number of nitrogen functional groups attached to an aromatic ring is 1. The monoisotopic (exact) mass is 254 g/mol. The maximum atomic E-state index is 5.94. The fraction of sp³-hybridized carbons (Fsp3) is 0. The Morgan fingerprint density at radius 3 is 2.62 bits per heavy atom. The van der Waals surface area contributed by atoms with Gasteiger partial charge in [0.2, 0.25) is 5.88 Å². The molecule has 1 aromatic heterocycles. The third-order valence-electron chi connectivity index (χ3n) is 1.87. The molecule has 1 heterocycles. The van der Waals surface area contributed by atoms with E-state index in [-0.39, 0.29) is 0 Å². The number of halogens is 2. The molecular formula is C11H8Cl2N2O. The van der Waals surface area contributed by atoms with Crippen molar-refractivity contribution in [3.63, 3.8) is 0 Å². The second-order valence-electron chi connectivity index (χ2n) is 3.11. The Bertz CT molecular complexity index is 500. The van der Waals surface area contributed by atoms with E-state index in [4.69, 9.17) is 33.7 Å². The zero-order chi connectivity index (χ0) is 11.5. The summed E-state index contributed by atoms with van der Waals surface area (Å²) in [6, 6.07) is 8.34. The molecule has 5 heteroatoms. The van der Waals surface area contributed by atoms with Crippen molar-refractivity contribution < 1.29 is 4.74 Å². The number of nitrogens with two attached hydrogens (primary N) is 1. The van der Waals surface area contributed by atoms with Crippen molar-refractivity contribution in [2.75, 3.05) is 5.73 Å². The number of anilines is 1. The first-order valence-corrected chi connectivity index (χ1v) is 5.25. The van der Waals surface area contributed by atoms with Gasteiger partial charge in [0.05, 0.1) is 10.0 Å². The number of ether oxygens (including phenoxy) is 1. The number of pyridine rings is 1. The van der Waals surface area contributed by atoms with Crippen LogP contribution in [0, 0.1) is 0 Å². The molecule has 0 unspecified atom stereocenters. The second-order valence-corrected chi connectivity index (χ2v) is 3.95. The van der Waals surface area contributed by atoms with E-state index in [9.17, 15) is 0 Å². The van der Waals surface area contributed by atoms with Crippen molar-refractivity contribution in [2.24, 2.45) is 0 Å². The van der Waals surface area contributed by atoms with Crippen LogP contribution in [0.25, 0.3) is 0 Å². The van der Waals surface area contributed by atoms with Crippen LogP contribution in [0.2, 0.25) is 10.0 Å². The lowest BCUT2D eigenvalue weighted by molar-refractivity contribution is 0.463. The summed E-state index contributed by atoms with van der Waals surface area (Å²) in [7, 11) is 0. The fourth-order valence-corrected chi connectivity index (χ4v) is 1.40. The summed E-state index contributed by atoms with van der Waals surface area (Å²) in [6.07, 6.45) is 1.50. The van der Waals surface area contributed by atoms with Crippen LogP contribution in [0.1, 0.15) is 0 Å². The molecule has 2 N–H and O–H groups in total. The van der Waals surface area contributed by atoms with Gasteiger partial charge in [0, 0.05) is 24.0 Å². The molecule has 0 spiro atoms. The number of hydrogen-bond acceptors (Lipinski definition) is 3. The number of benzene rings is 1. The molecule has 0 bridgehead atoms. The highest BCUT2D eigenvalue weighted by molar-refractivity contribution is 6.32. The van der Waals surface area contributed by atoms with Crippen molar-refractivity contribution in [1.29, 1.82) is 0 Å². The zero-order valence-electron chi connectivity index (χ0n) is 8.15. The van der Waals surface area contributed by atoms with Gasteiger partial charge in [-0.05, 0) is 18.2 Å². The molecule has 0 amide bonds. The van der Waals surface area contributed by atoms with E-state index in [1.54, 1.807) is 30.3 Å². The lowest BCUT2D eigenvalue weighted by atomic mass is 10.3. The minimum absolute atomic E-state index is 0.414. The SMILES string of the molecule is Nc1ccc(Cl)c(Oc2ccc(Cl)cn2)c1. The van der Waals surface area contributed by atoms with Gasteiger partial charge in [0.1, 0.15) is 5.75 Å². The first-order valence-electron chi connectivity index (χ1n) is 4.49. The van der Waals surface area contributed by atoms with Crippen LogP contribution in [0.5, 0.6) is 11.6 Å². The molecule has 0 aliphatic rings. The van der Waals surface area contributed by atoms with Gasteiger partial charge in [0.15, 0.2) is 0 Å². The minimum atomic E-state index is 0.414. The van der Waals surface area contributed by atoms with E-state index in [0.29, 0.717) is 27.4 Å². The molecule has 2 rings (SSSR count). The van der Waals surface area contributed by atoms with Crippen molar-refractivity contribution in [2.45, 2.75) is 0 Å². The topological polar surface area (TPSA) is 48.1 Å². The molecule has 0 aliphatic carbocycles. The largest absolute Gasteiger partial charge is 0.437 e. The van der Waals surface area contributed by atoms with Crippen LogP contribution in [0.4, 0.5) is 5.69 Å². The normalized spacial score (nSPS) is 10.1. The summed E-state index contributed by atoms with van der Waals surface area (Å²) in [5.74, 6) is 0.883. The molecule has 82 valence electrons. The molecule has 0 aliphatic heterocycles. The van der Waals surface area contributed by atoms with E-state index < -0.39 is 0 Å². The molecule has 0 fully saturated rings. The summed E-state index contributed by atoms with van der Waals surface area (Å²) < 4.78 is 5.46. The molecule has 2 aromatic rings. The molecule has 16 heavy (non-hydrogen) atoms. The summed E-state index contributed by atoms with van der Waals surface area (Å²) in [5, 5.41) is 1.02. The van der Waals surface area contributed by atoms with E-state index in [2.05, 4.69) is 4.98 Å². The van der Waals surface area contributed by atoms with Crippen LogP contribution < -0.4 is 10.5 Å². The fourth-order valence-electron chi connectivity index (χ4n) is 1.13. The lowest BCUT2D eigenvalue weighted by Crippen LogP contribution is -1.90. The Balaban J connectivity index is 2.26. The highest BCUT2D eigenvalue weighted by Gasteiger charge is 2.04. The Labute approximate surface area is 103 Å². The predicted molar refractivity (Wildman–Crippen MR) is 65.2 cm³/mol. The number of aromatic nitrogens is 1. The molecule has 0 saturated heterocycles. The molecule has 0 atom stereocenters. The Kier molecular flexibility index (Phi) is 3.17. The third kappa shape index (κ3) is 2.56. The Morgan fingerprint density at radius 2 is 1.94 bits per heavy atom. The summed E-state index contributed by atoms with van der Waals surface area (Å²) in [4.78, 5) is 3.99. The minimum Gasteiger partial charge on any atom is -0.437 e. The third-order valence-corrected chi connectivity index (χ3v) is 2.41. The average Bonchev–Trinajstić information content (AvgIpc) is 2.27. The number of rotatable bonds is 2.